The van der Waals surface area contributed by atoms with Crippen LogP contribution in [0.15, 0.2) is 54.6 Å². The molecule has 2 bridgehead atoms. The second-order valence-electron chi connectivity index (χ2n) is 9.35. The van der Waals surface area contributed by atoms with E-state index in [1.54, 1.807) is 43.5 Å². The summed E-state index contributed by atoms with van der Waals surface area (Å²) in [5.74, 6) is -2.08. The van der Waals surface area contributed by atoms with Gasteiger partial charge < -0.3 is 30.1 Å². The first-order valence-electron chi connectivity index (χ1n) is 11.8. The largest absolute Gasteiger partial charge is 0.497 e. The molecule has 190 valence electrons. The van der Waals surface area contributed by atoms with Gasteiger partial charge in [0.2, 0.25) is 17.7 Å². The van der Waals surface area contributed by atoms with Crippen LogP contribution in [-0.4, -0.2) is 71.1 Å². The van der Waals surface area contributed by atoms with Gasteiger partial charge in [0.1, 0.15) is 17.4 Å². The summed E-state index contributed by atoms with van der Waals surface area (Å²) in [5.41, 5.74) is -0.00114. The molecule has 0 saturated carbocycles. The molecule has 3 unspecified atom stereocenters. The molecule has 3 N–H and O–H groups in total. The summed E-state index contributed by atoms with van der Waals surface area (Å²) in [6.45, 7) is -0.392. The third-order valence-electron chi connectivity index (χ3n) is 7.58. The molecule has 2 aromatic carbocycles. The maximum Gasteiger partial charge on any atom is 0.250 e. The summed E-state index contributed by atoms with van der Waals surface area (Å²) >= 11 is 3.63. The number of nitrogens with one attached hydrogen (secondary N) is 2. The fourth-order valence-electron chi connectivity index (χ4n) is 6.08. The van der Waals surface area contributed by atoms with Crippen LogP contribution in [-0.2, 0) is 19.1 Å². The van der Waals surface area contributed by atoms with E-state index >= 15 is 0 Å². The van der Waals surface area contributed by atoms with Crippen molar-refractivity contribution in [3.05, 3.63) is 60.2 Å². The number of carbonyl (C=O) groups excluding carboxylic acids is 3. The summed E-state index contributed by atoms with van der Waals surface area (Å²) in [5, 5.41) is 16.0. The Morgan fingerprint density at radius 2 is 1.89 bits per heavy atom. The molecule has 3 fully saturated rings. The molecule has 9 nitrogen and oxygen atoms in total. The molecule has 0 aromatic heterocycles. The lowest BCUT2D eigenvalue weighted by Gasteiger charge is -2.37. The van der Waals surface area contributed by atoms with Crippen molar-refractivity contribution in [2.24, 2.45) is 11.8 Å². The molecule has 3 heterocycles. The fourth-order valence-corrected chi connectivity index (χ4v) is 7.03. The second-order valence-corrected chi connectivity index (χ2v) is 10.5. The Morgan fingerprint density at radius 1 is 1.19 bits per heavy atom. The summed E-state index contributed by atoms with van der Waals surface area (Å²) < 4.78 is 11.6. The summed E-state index contributed by atoms with van der Waals surface area (Å²) in [6.07, 6.45) is -0.159. The van der Waals surface area contributed by atoms with Gasteiger partial charge in [-0.2, -0.15) is 0 Å². The zero-order valence-corrected chi connectivity index (χ0v) is 21.5. The van der Waals surface area contributed by atoms with Gasteiger partial charge in [-0.05, 0) is 36.2 Å². The van der Waals surface area contributed by atoms with E-state index in [0.29, 0.717) is 23.4 Å². The van der Waals surface area contributed by atoms with Crippen LogP contribution < -0.4 is 15.4 Å². The van der Waals surface area contributed by atoms with Gasteiger partial charge in [0.25, 0.3) is 0 Å². The van der Waals surface area contributed by atoms with Gasteiger partial charge in [0.05, 0.1) is 37.7 Å². The lowest BCUT2D eigenvalue weighted by molar-refractivity contribution is -0.144. The highest BCUT2D eigenvalue weighted by molar-refractivity contribution is 9.09. The third-order valence-corrected chi connectivity index (χ3v) is 8.42. The highest BCUT2D eigenvalue weighted by atomic mass is 79.9. The van der Waals surface area contributed by atoms with Crippen molar-refractivity contribution < 1.29 is 29.0 Å². The molecule has 5 rings (SSSR count). The maximum atomic E-state index is 14.1. The van der Waals surface area contributed by atoms with Crippen molar-refractivity contribution in [3.8, 4) is 5.75 Å². The topological polar surface area (TPSA) is 117 Å². The zero-order valence-electron chi connectivity index (χ0n) is 19.9. The van der Waals surface area contributed by atoms with E-state index in [9.17, 15) is 19.5 Å². The number of nitrogens with zero attached hydrogens (tertiary/aromatic N) is 1. The number of rotatable bonds is 7. The first-order chi connectivity index (χ1) is 17.4. The number of amides is 3. The van der Waals surface area contributed by atoms with Crippen molar-refractivity contribution >= 4 is 39.3 Å². The van der Waals surface area contributed by atoms with E-state index in [1.807, 2.05) is 18.2 Å². The van der Waals surface area contributed by atoms with Crippen LogP contribution in [0.5, 0.6) is 5.75 Å². The van der Waals surface area contributed by atoms with Gasteiger partial charge in [-0.1, -0.05) is 46.3 Å². The molecule has 3 amide bonds. The number of benzene rings is 2. The number of halogens is 1. The minimum atomic E-state index is -1.22. The minimum absolute atomic E-state index is 0.204. The predicted octanol–water partition coefficient (Wildman–Crippen LogP) is 1.86. The number of hydrogen-bond acceptors (Lipinski definition) is 6. The number of fused-ring (bicyclic) bond motifs is 1. The average Bonchev–Trinajstić information content (AvgIpc) is 3.49. The molecular formula is C26H28BrN3O6. The summed E-state index contributed by atoms with van der Waals surface area (Å²) in [7, 11) is 3.08. The Bertz CT molecular complexity index is 1160. The maximum absolute atomic E-state index is 14.1. The summed E-state index contributed by atoms with van der Waals surface area (Å²) in [6, 6.07) is 14.1. The number of anilines is 1. The quantitative estimate of drug-likeness (QED) is 0.447. The number of aliphatic hydroxyl groups is 1. The van der Waals surface area contributed by atoms with E-state index < -0.39 is 48.1 Å². The van der Waals surface area contributed by atoms with Crippen molar-refractivity contribution in [2.75, 3.05) is 26.1 Å². The number of ether oxygens (including phenoxy) is 2. The molecular weight excluding hydrogens is 530 g/mol. The molecule has 10 heteroatoms. The monoisotopic (exact) mass is 557 g/mol. The van der Waals surface area contributed by atoms with E-state index in [2.05, 4.69) is 26.6 Å². The predicted molar refractivity (Wildman–Crippen MR) is 135 cm³/mol. The van der Waals surface area contributed by atoms with Crippen LogP contribution in [0.3, 0.4) is 0 Å². The molecule has 36 heavy (non-hydrogen) atoms. The van der Waals surface area contributed by atoms with Crippen LogP contribution in [0, 0.1) is 11.8 Å². The van der Waals surface area contributed by atoms with Gasteiger partial charge in [0.15, 0.2) is 0 Å². The molecule has 0 radical (unpaired) electrons. The highest BCUT2D eigenvalue weighted by Gasteiger charge is 2.77. The van der Waals surface area contributed by atoms with Gasteiger partial charge in [-0.3, -0.25) is 14.4 Å². The Morgan fingerprint density at radius 3 is 2.50 bits per heavy atom. The average molecular weight is 558 g/mol. The van der Waals surface area contributed by atoms with Gasteiger partial charge >= 0.3 is 0 Å². The van der Waals surface area contributed by atoms with Gasteiger partial charge in [-0.25, -0.2) is 0 Å². The van der Waals surface area contributed by atoms with E-state index in [1.165, 1.54) is 11.9 Å². The Balaban J connectivity index is 1.59. The van der Waals surface area contributed by atoms with E-state index in [0.717, 1.165) is 0 Å². The molecule has 7 atom stereocenters. The Labute approximate surface area is 217 Å². The normalized spacial score (nSPS) is 31.2. The number of carbonyl (C=O) groups is 3. The van der Waals surface area contributed by atoms with Crippen LogP contribution in [0.1, 0.15) is 18.0 Å². The first-order valence-corrected chi connectivity index (χ1v) is 12.7. The SMILES string of the molecule is CNC(=O)[C@H]1[C@@H]2OC3(CC2Br)C(C(=O)Nc2ccc(OC)cc2)N([C@H](CO)c2ccccc2)C(=O)[C@H]13. The standard InChI is InChI=1S/C26H28BrN3O6/c1-28-23(32)19-20-25(34)30(18(13-31)14-6-4-3-5-7-14)22(26(20)12-17(27)21(19)36-26)24(33)29-15-8-10-16(35-2)11-9-15/h3-11,17-22,31H,12-13H2,1-2H3,(H,28,32)(H,29,33)/t17?,18-,19-,20+,21-,22?,26?/m1/s1. The molecule has 3 saturated heterocycles. The number of likely N-dealkylation sites (tertiary alicyclic amines) is 1. The van der Waals surface area contributed by atoms with Crippen LogP contribution in [0.25, 0.3) is 0 Å². The highest BCUT2D eigenvalue weighted by Crippen LogP contribution is 2.61. The molecule has 0 aliphatic carbocycles. The van der Waals surface area contributed by atoms with Crippen molar-refractivity contribution in [1.82, 2.24) is 10.2 Å². The molecule has 3 aliphatic heterocycles. The van der Waals surface area contributed by atoms with Crippen molar-refractivity contribution in [3.63, 3.8) is 0 Å². The van der Waals surface area contributed by atoms with Crippen molar-refractivity contribution in [2.45, 2.75) is 35.0 Å². The fraction of sp³-hybridized carbons (Fsp3) is 0.423. The molecule has 2 aromatic rings. The van der Waals surface area contributed by atoms with Crippen LogP contribution in [0.4, 0.5) is 5.69 Å². The Kier molecular flexibility index (Phi) is 6.52. The number of hydrogen-bond donors (Lipinski definition) is 3. The van der Waals surface area contributed by atoms with Crippen LogP contribution in [0.2, 0.25) is 0 Å². The minimum Gasteiger partial charge on any atom is -0.497 e. The third kappa shape index (κ3) is 3.70. The van der Waals surface area contributed by atoms with E-state index in [-0.39, 0.29) is 16.6 Å². The Hall–Kier alpha value is -2.95. The van der Waals surface area contributed by atoms with Crippen molar-refractivity contribution in [1.29, 1.82) is 0 Å². The first kappa shape index (κ1) is 24.7. The second kappa shape index (κ2) is 9.49. The zero-order chi connectivity index (χ0) is 25.6. The number of alkyl halides is 1. The summed E-state index contributed by atoms with van der Waals surface area (Å²) in [4.78, 5) is 42.2. The number of methoxy groups -OCH3 is 1. The van der Waals surface area contributed by atoms with E-state index in [4.69, 9.17) is 9.47 Å². The van der Waals surface area contributed by atoms with Crippen LogP contribution >= 0.6 is 15.9 Å². The van der Waals surface area contributed by atoms with Gasteiger partial charge in [0, 0.05) is 17.6 Å². The molecule has 3 aliphatic rings. The molecule has 1 spiro atoms. The smallest absolute Gasteiger partial charge is 0.250 e. The lowest BCUT2D eigenvalue weighted by atomic mass is 9.70. The number of aliphatic hydroxyl groups excluding tert-OH is 1. The lowest BCUT2D eigenvalue weighted by Crippen LogP contribution is -2.55. The van der Waals surface area contributed by atoms with Gasteiger partial charge in [-0.15, -0.1) is 0 Å².